The van der Waals surface area contributed by atoms with Crippen molar-refractivity contribution in [3.05, 3.63) is 29.8 Å². The number of halogens is 2. The van der Waals surface area contributed by atoms with Gasteiger partial charge in [0.15, 0.2) is 0 Å². The standard InChI is InChI=1S/C12H17F2NO2/c1-8(15)12(17-7-11(13)14)9-5-3-4-6-10(9)16-2/h3-6,8,11-12H,7,15H2,1-2H3. The van der Waals surface area contributed by atoms with E-state index in [2.05, 4.69) is 0 Å². The maximum atomic E-state index is 12.2. The van der Waals surface area contributed by atoms with E-state index in [9.17, 15) is 8.78 Å². The van der Waals surface area contributed by atoms with Gasteiger partial charge in [-0.05, 0) is 13.0 Å². The predicted molar refractivity (Wildman–Crippen MR) is 61.3 cm³/mol. The van der Waals surface area contributed by atoms with E-state index in [1.54, 1.807) is 31.2 Å². The highest BCUT2D eigenvalue weighted by molar-refractivity contribution is 5.35. The van der Waals surface area contributed by atoms with Gasteiger partial charge < -0.3 is 15.2 Å². The van der Waals surface area contributed by atoms with Crippen LogP contribution in [0.2, 0.25) is 0 Å². The van der Waals surface area contributed by atoms with Gasteiger partial charge in [-0.3, -0.25) is 0 Å². The quantitative estimate of drug-likeness (QED) is 0.836. The van der Waals surface area contributed by atoms with Crippen LogP contribution in [0.4, 0.5) is 8.78 Å². The first kappa shape index (κ1) is 13.9. The molecule has 2 N–H and O–H groups in total. The number of hydrogen-bond acceptors (Lipinski definition) is 3. The van der Waals surface area contributed by atoms with E-state index in [1.807, 2.05) is 0 Å². The molecule has 0 aliphatic rings. The molecule has 0 aromatic heterocycles. The van der Waals surface area contributed by atoms with E-state index in [4.69, 9.17) is 15.2 Å². The van der Waals surface area contributed by atoms with Crippen molar-refractivity contribution in [1.29, 1.82) is 0 Å². The first-order valence-electron chi connectivity index (χ1n) is 5.34. The fraction of sp³-hybridized carbons (Fsp3) is 0.500. The number of methoxy groups -OCH3 is 1. The Balaban J connectivity index is 2.89. The van der Waals surface area contributed by atoms with Crippen molar-refractivity contribution in [3.8, 4) is 5.75 Å². The molecule has 17 heavy (non-hydrogen) atoms. The molecule has 0 bridgehead atoms. The Morgan fingerprint density at radius 2 is 1.94 bits per heavy atom. The fourth-order valence-electron chi connectivity index (χ4n) is 1.60. The molecular weight excluding hydrogens is 228 g/mol. The maximum absolute atomic E-state index is 12.2. The van der Waals surface area contributed by atoms with Gasteiger partial charge >= 0.3 is 0 Å². The van der Waals surface area contributed by atoms with E-state index in [1.165, 1.54) is 7.11 Å². The molecule has 5 heteroatoms. The topological polar surface area (TPSA) is 44.5 Å². The van der Waals surface area contributed by atoms with Crippen molar-refractivity contribution in [1.82, 2.24) is 0 Å². The molecule has 2 unspecified atom stereocenters. The van der Waals surface area contributed by atoms with Crippen LogP contribution in [0.1, 0.15) is 18.6 Å². The number of nitrogens with two attached hydrogens (primary N) is 1. The Bertz CT molecular complexity index is 345. The van der Waals surface area contributed by atoms with Crippen LogP contribution >= 0.6 is 0 Å². The van der Waals surface area contributed by atoms with Crippen molar-refractivity contribution in [2.75, 3.05) is 13.7 Å². The number of para-hydroxylation sites is 1. The summed E-state index contributed by atoms with van der Waals surface area (Å²) in [6.07, 6.45) is -3.11. The average molecular weight is 245 g/mol. The van der Waals surface area contributed by atoms with Gasteiger partial charge in [-0.1, -0.05) is 18.2 Å². The largest absolute Gasteiger partial charge is 0.496 e. The minimum Gasteiger partial charge on any atom is -0.496 e. The van der Waals surface area contributed by atoms with Crippen molar-refractivity contribution >= 4 is 0 Å². The molecule has 96 valence electrons. The smallest absolute Gasteiger partial charge is 0.261 e. The zero-order valence-corrected chi connectivity index (χ0v) is 9.90. The Morgan fingerprint density at radius 3 is 2.47 bits per heavy atom. The summed E-state index contributed by atoms with van der Waals surface area (Å²) in [6, 6.07) is 6.70. The van der Waals surface area contributed by atoms with Gasteiger partial charge in [-0.2, -0.15) is 0 Å². The second kappa shape index (κ2) is 6.51. The summed E-state index contributed by atoms with van der Waals surface area (Å²) in [6.45, 7) is 1.08. The van der Waals surface area contributed by atoms with E-state index in [-0.39, 0.29) is 0 Å². The van der Waals surface area contributed by atoms with E-state index < -0.39 is 25.2 Å². The zero-order chi connectivity index (χ0) is 12.8. The SMILES string of the molecule is COc1ccccc1C(OCC(F)F)C(C)N. The summed E-state index contributed by atoms with van der Waals surface area (Å²) in [5.74, 6) is 0.587. The summed E-state index contributed by atoms with van der Waals surface area (Å²) in [4.78, 5) is 0. The van der Waals surface area contributed by atoms with Gasteiger partial charge in [-0.25, -0.2) is 8.78 Å². The second-order valence-electron chi connectivity index (χ2n) is 3.75. The molecule has 0 aliphatic carbocycles. The molecule has 1 rings (SSSR count). The predicted octanol–water partition coefficient (Wildman–Crippen LogP) is 2.37. The summed E-state index contributed by atoms with van der Waals surface area (Å²) >= 11 is 0. The van der Waals surface area contributed by atoms with Crippen molar-refractivity contribution in [2.24, 2.45) is 5.73 Å². The van der Waals surface area contributed by atoms with Gasteiger partial charge in [0.25, 0.3) is 6.43 Å². The van der Waals surface area contributed by atoms with Gasteiger partial charge in [0.2, 0.25) is 0 Å². The Labute approximate surface area is 99.5 Å². The molecule has 0 spiro atoms. The van der Waals surface area contributed by atoms with Crippen LogP contribution in [0.25, 0.3) is 0 Å². The minimum absolute atomic E-state index is 0.398. The molecule has 0 radical (unpaired) electrons. The van der Waals surface area contributed by atoms with Crippen LogP contribution in [-0.2, 0) is 4.74 Å². The van der Waals surface area contributed by atoms with E-state index in [0.29, 0.717) is 11.3 Å². The number of rotatable bonds is 6. The number of hydrogen-bond donors (Lipinski definition) is 1. The highest BCUT2D eigenvalue weighted by atomic mass is 19.3. The second-order valence-corrected chi connectivity index (χ2v) is 3.75. The number of benzene rings is 1. The third-order valence-electron chi connectivity index (χ3n) is 2.32. The lowest BCUT2D eigenvalue weighted by molar-refractivity contribution is -0.0333. The third-order valence-corrected chi connectivity index (χ3v) is 2.32. The number of ether oxygens (including phenoxy) is 2. The third kappa shape index (κ3) is 3.94. The Kier molecular flexibility index (Phi) is 5.31. The first-order valence-corrected chi connectivity index (χ1v) is 5.34. The summed E-state index contributed by atoms with van der Waals surface area (Å²) < 4.78 is 34.6. The molecule has 0 heterocycles. The summed E-state index contributed by atoms with van der Waals surface area (Å²) in [5, 5.41) is 0. The lowest BCUT2D eigenvalue weighted by Crippen LogP contribution is -2.28. The normalized spacial score (nSPS) is 14.7. The van der Waals surface area contributed by atoms with Crippen LogP contribution in [0.15, 0.2) is 24.3 Å². The van der Waals surface area contributed by atoms with Crippen LogP contribution in [-0.4, -0.2) is 26.2 Å². The van der Waals surface area contributed by atoms with Crippen LogP contribution in [0, 0.1) is 0 Å². The molecule has 3 nitrogen and oxygen atoms in total. The molecule has 0 amide bonds. The molecule has 0 saturated carbocycles. The average Bonchev–Trinajstić information content (AvgIpc) is 2.29. The molecule has 1 aromatic rings. The van der Waals surface area contributed by atoms with Crippen molar-refractivity contribution < 1.29 is 18.3 Å². The summed E-state index contributed by atoms with van der Waals surface area (Å²) in [5.41, 5.74) is 6.44. The van der Waals surface area contributed by atoms with Crippen molar-refractivity contribution in [2.45, 2.75) is 25.5 Å². The van der Waals surface area contributed by atoms with Crippen LogP contribution < -0.4 is 10.5 Å². The molecule has 2 atom stereocenters. The minimum atomic E-state index is -2.51. The molecule has 0 fully saturated rings. The molecule has 1 aromatic carbocycles. The van der Waals surface area contributed by atoms with E-state index in [0.717, 1.165) is 0 Å². The van der Waals surface area contributed by atoms with Gasteiger partial charge in [0.05, 0.1) is 7.11 Å². The number of alkyl halides is 2. The van der Waals surface area contributed by atoms with Crippen molar-refractivity contribution in [3.63, 3.8) is 0 Å². The van der Waals surface area contributed by atoms with E-state index >= 15 is 0 Å². The molecule has 0 saturated heterocycles. The Morgan fingerprint density at radius 1 is 1.29 bits per heavy atom. The zero-order valence-electron chi connectivity index (χ0n) is 9.90. The Hall–Kier alpha value is -1.20. The van der Waals surface area contributed by atoms with Gasteiger partial charge in [0.1, 0.15) is 18.5 Å². The lowest BCUT2D eigenvalue weighted by Gasteiger charge is -2.23. The molecular formula is C12H17F2NO2. The van der Waals surface area contributed by atoms with Gasteiger partial charge in [0, 0.05) is 11.6 Å². The fourth-order valence-corrected chi connectivity index (χ4v) is 1.60. The summed E-state index contributed by atoms with van der Waals surface area (Å²) in [7, 11) is 1.52. The monoisotopic (exact) mass is 245 g/mol. The van der Waals surface area contributed by atoms with Gasteiger partial charge in [-0.15, -0.1) is 0 Å². The lowest BCUT2D eigenvalue weighted by atomic mass is 10.0. The van der Waals surface area contributed by atoms with Crippen LogP contribution in [0.3, 0.4) is 0 Å². The molecule has 0 aliphatic heterocycles. The highest BCUT2D eigenvalue weighted by Crippen LogP contribution is 2.29. The highest BCUT2D eigenvalue weighted by Gasteiger charge is 2.21. The maximum Gasteiger partial charge on any atom is 0.261 e. The first-order chi connectivity index (χ1) is 8.06. The van der Waals surface area contributed by atoms with Crippen LogP contribution in [0.5, 0.6) is 5.75 Å².